The number of nitrogens with zero attached hydrogens (tertiary/aromatic N) is 2. The Labute approximate surface area is 141 Å². The fraction of sp³-hybridized carbons (Fsp3) is 0.529. The average Bonchev–Trinajstić information content (AvgIpc) is 2.57. The molecule has 1 fully saturated rings. The summed E-state index contributed by atoms with van der Waals surface area (Å²) in [6.07, 6.45) is 0.170. The number of carboxylic acid groups (broad SMARTS) is 1. The molecule has 0 bridgehead atoms. The van der Waals surface area contributed by atoms with Gasteiger partial charge in [-0.15, -0.1) is 0 Å². The molecular formula is C17H24N2O5. The van der Waals surface area contributed by atoms with Crippen LogP contribution in [0.4, 0.5) is 0 Å². The molecule has 1 heterocycles. The van der Waals surface area contributed by atoms with Crippen molar-refractivity contribution in [1.82, 2.24) is 10.1 Å². The van der Waals surface area contributed by atoms with E-state index in [-0.39, 0.29) is 19.3 Å². The van der Waals surface area contributed by atoms with Crippen LogP contribution in [0, 0.1) is 13.8 Å². The summed E-state index contributed by atoms with van der Waals surface area (Å²) >= 11 is 0. The zero-order chi connectivity index (χ0) is 17.9. The number of benzene rings is 1. The Morgan fingerprint density at radius 3 is 2.46 bits per heavy atom. The highest BCUT2D eigenvalue weighted by molar-refractivity contribution is 5.87. The predicted molar refractivity (Wildman–Crippen MR) is 86.4 cm³/mol. The number of carbonyl (C=O) groups is 2. The highest BCUT2D eigenvalue weighted by Crippen LogP contribution is 2.29. The molecule has 0 aromatic heterocycles. The van der Waals surface area contributed by atoms with Crippen molar-refractivity contribution in [3.8, 4) is 0 Å². The van der Waals surface area contributed by atoms with Crippen LogP contribution in [0.3, 0.4) is 0 Å². The number of rotatable bonds is 5. The molecule has 1 aliphatic heterocycles. The second-order valence-electron chi connectivity index (χ2n) is 6.26. The number of hydroxylamine groups is 4. The normalized spacial score (nSPS) is 17.5. The van der Waals surface area contributed by atoms with Gasteiger partial charge in [-0.1, -0.05) is 23.8 Å². The van der Waals surface area contributed by atoms with Crippen LogP contribution in [0.2, 0.25) is 0 Å². The Bertz CT molecular complexity index is 623. The van der Waals surface area contributed by atoms with Gasteiger partial charge in [0.15, 0.2) is 5.54 Å². The van der Waals surface area contributed by atoms with Gasteiger partial charge in [0, 0.05) is 13.1 Å². The van der Waals surface area contributed by atoms with Gasteiger partial charge in [0.05, 0.1) is 13.5 Å². The molecule has 0 atom stereocenters. The van der Waals surface area contributed by atoms with Crippen molar-refractivity contribution in [3.05, 3.63) is 34.9 Å². The molecule has 1 aliphatic rings. The molecule has 0 unspecified atom stereocenters. The topological polar surface area (TPSA) is 90.3 Å². The molecule has 2 N–H and O–H groups in total. The minimum Gasteiger partial charge on any atom is -0.479 e. The summed E-state index contributed by atoms with van der Waals surface area (Å²) in [5.74, 6) is -1.81. The largest absolute Gasteiger partial charge is 0.479 e. The molecule has 132 valence electrons. The summed E-state index contributed by atoms with van der Waals surface area (Å²) in [7, 11) is 1.51. The van der Waals surface area contributed by atoms with Crippen LogP contribution in [0.25, 0.3) is 0 Å². The van der Waals surface area contributed by atoms with Gasteiger partial charge in [-0.05, 0) is 37.8 Å². The van der Waals surface area contributed by atoms with Crippen molar-refractivity contribution in [2.45, 2.75) is 38.6 Å². The Kier molecular flexibility index (Phi) is 5.58. The maximum absolute atomic E-state index is 12.5. The lowest BCUT2D eigenvalue weighted by atomic mass is 9.87. The molecule has 2 rings (SSSR count). The van der Waals surface area contributed by atoms with Gasteiger partial charge in [0.25, 0.3) is 5.91 Å². The molecule has 24 heavy (non-hydrogen) atoms. The number of hydrogen-bond acceptors (Lipinski definition) is 5. The van der Waals surface area contributed by atoms with E-state index in [1.165, 1.54) is 7.11 Å². The minimum atomic E-state index is -1.61. The van der Waals surface area contributed by atoms with Crippen molar-refractivity contribution in [2.75, 3.05) is 20.2 Å². The minimum absolute atomic E-state index is 0.0347. The maximum Gasteiger partial charge on any atom is 0.332 e. The first-order valence-corrected chi connectivity index (χ1v) is 7.90. The first-order valence-electron chi connectivity index (χ1n) is 7.90. The van der Waals surface area contributed by atoms with Gasteiger partial charge >= 0.3 is 5.97 Å². The zero-order valence-electron chi connectivity index (χ0n) is 14.3. The summed E-state index contributed by atoms with van der Waals surface area (Å²) in [6, 6.07) is 5.73. The van der Waals surface area contributed by atoms with Crippen LogP contribution in [-0.4, -0.2) is 58.1 Å². The van der Waals surface area contributed by atoms with E-state index in [1.54, 1.807) is 5.06 Å². The van der Waals surface area contributed by atoms with Gasteiger partial charge in [-0.3, -0.25) is 10.0 Å². The summed E-state index contributed by atoms with van der Waals surface area (Å²) in [6.45, 7) is 4.46. The van der Waals surface area contributed by atoms with Crippen LogP contribution in [0.1, 0.15) is 29.5 Å². The van der Waals surface area contributed by atoms with Gasteiger partial charge in [-0.2, -0.15) is 5.06 Å². The number of carbonyl (C=O) groups excluding carboxylic acids is 1. The monoisotopic (exact) mass is 336 g/mol. The number of hydrogen-bond donors (Lipinski definition) is 2. The lowest BCUT2D eigenvalue weighted by Gasteiger charge is -2.41. The molecule has 0 radical (unpaired) electrons. The van der Waals surface area contributed by atoms with E-state index in [2.05, 4.69) is 0 Å². The number of piperidine rings is 1. The van der Waals surface area contributed by atoms with Crippen LogP contribution in [-0.2, 0) is 20.8 Å². The van der Waals surface area contributed by atoms with E-state index in [0.717, 1.165) is 16.7 Å². The average molecular weight is 336 g/mol. The fourth-order valence-corrected chi connectivity index (χ4v) is 3.02. The van der Waals surface area contributed by atoms with E-state index in [1.807, 2.05) is 32.0 Å². The Morgan fingerprint density at radius 2 is 1.92 bits per heavy atom. The molecular weight excluding hydrogens is 312 g/mol. The lowest BCUT2D eigenvalue weighted by Crippen LogP contribution is -2.60. The molecule has 1 amide bonds. The molecule has 7 nitrogen and oxygen atoms in total. The molecule has 1 aromatic rings. The second-order valence-corrected chi connectivity index (χ2v) is 6.26. The zero-order valence-corrected chi connectivity index (χ0v) is 14.3. The highest BCUT2D eigenvalue weighted by atomic mass is 16.7. The van der Waals surface area contributed by atoms with Crippen LogP contribution in [0.15, 0.2) is 18.2 Å². The third-order valence-corrected chi connectivity index (χ3v) is 4.69. The van der Waals surface area contributed by atoms with Gasteiger partial charge in [-0.25, -0.2) is 9.86 Å². The van der Waals surface area contributed by atoms with E-state index in [4.69, 9.17) is 4.84 Å². The molecule has 1 aromatic carbocycles. The SMILES string of the molecule is CON1CCC(C(=O)O)(N(O)C(=O)Cc2cc(C)ccc2C)CC1. The number of aryl methyl sites for hydroxylation is 2. The van der Waals surface area contributed by atoms with E-state index < -0.39 is 17.4 Å². The van der Waals surface area contributed by atoms with Crippen molar-refractivity contribution in [3.63, 3.8) is 0 Å². The standard InChI is InChI=1S/C17H24N2O5/c1-12-4-5-13(2)14(10-12)11-15(20)19(23)17(16(21)22)6-8-18(24-3)9-7-17/h4-5,10,23H,6-9,11H2,1-3H3,(H,21,22). The van der Waals surface area contributed by atoms with Crippen LogP contribution >= 0.6 is 0 Å². The van der Waals surface area contributed by atoms with Crippen molar-refractivity contribution < 1.29 is 24.7 Å². The first kappa shape index (κ1) is 18.4. The molecule has 0 aliphatic carbocycles. The fourth-order valence-electron chi connectivity index (χ4n) is 3.02. The number of aliphatic carboxylic acids is 1. The third kappa shape index (κ3) is 3.58. The first-order chi connectivity index (χ1) is 11.3. The number of amides is 1. The molecule has 1 saturated heterocycles. The predicted octanol–water partition coefficient (Wildman–Crippen LogP) is 1.54. The summed E-state index contributed by atoms with van der Waals surface area (Å²) < 4.78 is 0. The summed E-state index contributed by atoms with van der Waals surface area (Å²) in [4.78, 5) is 29.4. The highest BCUT2D eigenvalue weighted by Gasteiger charge is 2.49. The van der Waals surface area contributed by atoms with E-state index in [0.29, 0.717) is 18.2 Å². The van der Waals surface area contributed by atoms with Crippen molar-refractivity contribution in [2.24, 2.45) is 0 Å². The van der Waals surface area contributed by atoms with E-state index in [9.17, 15) is 19.9 Å². The lowest BCUT2D eigenvalue weighted by molar-refractivity contribution is -0.227. The van der Waals surface area contributed by atoms with E-state index >= 15 is 0 Å². The van der Waals surface area contributed by atoms with Gasteiger partial charge in [0.2, 0.25) is 0 Å². The van der Waals surface area contributed by atoms with Crippen LogP contribution in [0.5, 0.6) is 0 Å². The number of carboxylic acids is 1. The Balaban J connectivity index is 2.18. The smallest absolute Gasteiger partial charge is 0.332 e. The molecule has 7 heteroatoms. The Morgan fingerprint density at radius 1 is 1.29 bits per heavy atom. The summed E-state index contributed by atoms with van der Waals surface area (Å²) in [5, 5.41) is 22.0. The summed E-state index contributed by atoms with van der Waals surface area (Å²) in [5.41, 5.74) is 1.12. The molecule has 0 saturated carbocycles. The maximum atomic E-state index is 12.5. The van der Waals surface area contributed by atoms with Gasteiger partial charge in [0.1, 0.15) is 0 Å². The van der Waals surface area contributed by atoms with Crippen LogP contribution < -0.4 is 0 Å². The van der Waals surface area contributed by atoms with Gasteiger partial charge < -0.3 is 9.94 Å². The Hall–Kier alpha value is -1.96. The van der Waals surface area contributed by atoms with Crippen molar-refractivity contribution >= 4 is 11.9 Å². The third-order valence-electron chi connectivity index (χ3n) is 4.69. The molecule has 0 spiro atoms. The quantitative estimate of drug-likeness (QED) is 0.626. The second kappa shape index (κ2) is 7.29. The van der Waals surface area contributed by atoms with Crippen molar-refractivity contribution in [1.29, 1.82) is 0 Å².